The predicted octanol–water partition coefficient (Wildman–Crippen LogP) is 1.19. The van der Waals surface area contributed by atoms with Gasteiger partial charge in [-0.25, -0.2) is 4.39 Å². The van der Waals surface area contributed by atoms with Crippen LogP contribution in [0.1, 0.15) is 5.56 Å². The van der Waals surface area contributed by atoms with Crippen LogP contribution in [0.3, 0.4) is 0 Å². The van der Waals surface area contributed by atoms with Crippen molar-refractivity contribution >= 4 is 0 Å². The second-order valence-corrected chi connectivity index (χ2v) is 2.64. The Morgan fingerprint density at radius 3 is 2.71 bits per heavy atom. The van der Waals surface area contributed by atoms with Crippen LogP contribution in [-0.2, 0) is 11.4 Å². The second-order valence-electron chi connectivity index (χ2n) is 2.64. The van der Waals surface area contributed by atoms with Crippen LogP contribution in [0, 0.1) is 5.82 Å². The number of rotatable bonds is 4. The molecule has 0 amide bonds. The fourth-order valence-corrected chi connectivity index (χ4v) is 1.03. The van der Waals surface area contributed by atoms with Gasteiger partial charge in [-0.3, -0.25) is 0 Å². The molecule has 1 aromatic carbocycles. The van der Waals surface area contributed by atoms with Crippen LogP contribution in [0.5, 0.6) is 11.5 Å². The lowest BCUT2D eigenvalue weighted by Gasteiger charge is -2.08. The average Bonchev–Trinajstić information content (AvgIpc) is 2.18. The summed E-state index contributed by atoms with van der Waals surface area (Å²) in [6.07, 6.45) is 0. The van der Waals surface area contributed by atoms with Gasteiger partial charge < -0.3 is 14.7 Å². The average molecular weight is 201 g/mol. The number of halogens is 1. The van der Waals surface area contributed by atoms with Crippen LogP contribution in [0.25, 0.3) is 0 Å². The third-order valence-corrected chi connectivity index (χ3v) is 1.76. The van der Waals surface area contributed by atoms with Crippen molar-refractivity contribution in [2.75, 3.05) is 14.2 Å². The highest BCUT2D eigenvalue weighted by atomic mass is 19.1. The summed E-state index contributed by atoms with van der Waals surface area (Å²) in [7, 11) is 2.78. The summed E-state index contributed by atoms with van der Waals surface area (Å²) in [5, 5.41) is 9.43. The molecule has 0 fully saturated rings. The topological polar surface area (TPSA) is 50.7 Å². The number of phenolic OH excluding ortho intramolecular Hbond substituents is 1. The standard InChI is InChI=1S/C9H12FNO3/c1-13-9-4-8(12)6(3-7(9)10)5-11-14-2/h3-4,11-12H,5H2,1-2H3. The number of nitrogens with one attached hydrogen (secondary N) is 1. The summed E-state index contributed by atoms with van der Waals surface area (Å²) >= 11 is 0. The summed E-state index contributed by atoms with van der Waals surface area (Å²) in [5.74, 6) is -0.533. The van der Waals surface area contributed by atoms with E-state index in [-0.39, 0.29) is 18.0 Å². The molecule has 5 heteroatoms. The van der Waals surface area contributed by atoms with Gasteiger partial charge in [0, 0.05) is 18.2 Å². The molecule has 0 radical (unpaired) electrons. The number of benzene rings is 1. The normalized spacial score (nSPS) is 10.2. The van der Waals surface area contributed by atoms with Crippen molar-refractivity contribution in [3.8, 4) is 11.5 Å². The first kappa shape index (κ1) is 10.7. The second kappa shape index (κ2) is 4.78. The van der Waals surface area contributed by atoms with E-state index in [2.05, 4.69) is 10.3 Å². The zero-order valence-electron chi connectivity index (χ0n) is 8.00. The van der Waals surface area contributed by atoms with Crippen LogP contribution < -0.4 is 10.2 Å². The van der Waals surface area contributed by atoms with Crippen LogP contribution in [-0.4, -0.2) is 19.3 Å². The van der Waals surface area contributed by atoms with Gasteiger partial charge in [-0.15, -0.1) is 0 Å². The van der Waals surface area contributed by atoms with E-state index in [4.69, 9.17) is 4.74 Å². The maximum Gasteiger partial charge on any atom is 0.165 e. The van der Waals surface area contributed by atoms with Gasteiger partial charge in [0.25, 0.3) is 0 Å². The van der Waals surface area contributed by atoms with E-state index in [0.29, 0.717) is 5.56 Å². The van der Waals surface area contributed by atoms with Gasteiger partial charge in [0.05, 0.1) is 14.2 Å². The van der Waals surface area contributed by atoms with Gasteiger partial charge in [-0.05, 0) is 6.07 Å². The lowest BCUT2D eigenvalue weighted by Crippen LogP contribution is -2.11. The Bertz CT molecular complexity index is 317. The number of hydroxylamine groups is 1. The minimum atomic E-state index is -0.516. The van der Waals surface area contributed by atoms with Gasteiger partial charge in [-0.1, -0.05) is 0 Å². The maximum absolute atomic E-state index is 13.2. The molecule has 0 atom stereocenters. The van der Waals surface area contributed by atoms with Gasteiger partial charge in [0.15, 0.2) is 11.6 Å². The molecular formula is C9H12FNO3. The molecule has 0 heterocycles. The van der Waals surface area contributed by atoms with Crippen molar-refractivity contribution in [1.82, 2.24) is 5.48 Å². The van der Waals surface area contributed by atoms with Crippen molar-refractivity contribution in [2.45, 2.75) is 6.54 Å². The molecular weight excluding hydrogens is 189 g/mol. The van der Waals surface area contributed by atoms with Crippen LogP contribution in [0.4, 0.5) is 4.39 Å². The SMILES string of the molecule is CONCc1cc(F)c(OC)cc1O. The molecule has 0 saturated carbocycles. The number of phenols is 1. The largest absolute Gasteiger partial charge is 0.507 e. The zero-order chi connectivity index (χ0) is 10.6. The lowest BCUT2D eigenvalue weighted by atomic mass is 10.2. The van der Waals surface area contributed by atoms with E-state index in [1.165, 1.54) is 26.4 Å². The minimum Gasteiger partial charge on any atom is -0.507 e. The highest BCUT2D eigenvalue weighted by Crippen LogP contribution is 2.26. The summed E-state index contributed by atoms with van der Waals surface area (Å²) in [5.41, 5.74) is 2.91. The molecule has 0 aliphatic rings. The number of hydrogen-bond donors (Lipinski definition) is 2. The van der Waals surface area contributed by atoms with Crippen LogP contribution in [0.2, 0.25) is 0 Å². The fourth-order valence-electron chi connectivity index (χ4n) is 1.03. The molecule has 2 N–H and O–H groups in total. The molecule has 78 valence electrons. The molecule has 1 rings (SSSR count). The maximum atomic E-state index is 13.2. The van der Waals surface area contributed by atoms with Crippen molar-refractivity contribution in [1.29, 1.82) is 0 Å². The molecule has 0 saturated heterocycles. The fraction of sp³-hybridized carbons (Fsp3) is 0.333. The number of methoxy groups -OCH3 is 1. The summed E-state index contributed by atoms with van der Waals surface area (Å²) in [4.78, 5) is 4.58. The van der Waals surface area contributed by atoms with Crippen molar-refractivity contribution in [3.05, 3.63) is 23.5 Å². The van der Waals surface area contributed by atoms with E-state index in [9.17, 15) is 9.50 Å². The van der Waals surface area contributed by atoms with E-state index < -0.39 is 5.82 Å². The third-order valence-electron chi connectivity index (χ3n) is 1.76. The van der Waals surface area contributed by atoms with Crippen LogP contribution in [0.15, 0.2) is 12.1 Å². The quantitative estimate of drug-likeness (QED) is 0.718. The van der Waals surface area contributed by atoms with Crippen molar-refractivity contribution in [3.63, 3.8) is 0 Å². The van der Waals surface area contributed by atoms with Gasteiger partial charge in [-0.2, -0.15) is 5.48 Å². The smallest absolute Gasteiger partial charge is 0.165 e. The Labute approximate surface area is 81.2 Å². The number of ether oxygens (including phenoxy) is 1. The Kier molecular flexibility index (Phi) is 3.67. The predicted molar refractivity (Wildman–Crippen MR) is 48.5 cm³/mol. The number of hydrogen-bond acceptors (Lipinski definition) is 4. The highest BCUT2D eigenvalue weighted by molar-refractivity contribution is 5.40. The molecule has 0 aromatic heterocycles. The van der Waals surface area contributed by atoms with E-state index in [1.54, 1.807) is 0 Å². The summed E-state index contributed by atoms with van der Waals surface area (Å²) < 4.78 is 17.9. The molecule has 0 spiro atoms. The van der Waals surface area contributed by atoms with Crippen LogP contribution >= 0.6 is 0 Å². The number of aromatic hydroxyl groups is 1. The monoisotopic (exact) mass is 201 g/mol. The lowest BCUT2D eigenvalue weighted by molar-refractivity contribution is 0.0860. The van der Waals surface area contributed by atoms with E-state index in [1.807, 2.05) is 0 Å². The Hall–Kier alpha value is -1.33. The first-order chi connectivity index (χ1) is 6.69. The van der Waals surface area contributed by atoms with Gasteiger partial charge in [0.1, 0.15) is 5.75 Å². The molecule has 0 aliphatic heterocycles. The molecule has 1 aromatic rings. The molecule has 14 heavy (non-hydrogen) atoms. The Balaban J connectivity index is 2.90. The molecule has 4 nitrogen and oxygen atoms in total. The molecule has 0 unspecified atom stereocenters. The Morgan fingerprint density at radius 1 is 1.43 bits per heavy atom. The first-order valence-corrected chi connectivity index (χ1v) is 4.00. The zero-order valence-corrected chi connectivity index (χ0v) is 8.00. The highest BCUT2D eigenvalue weighted by Gasteiger charge is 2.08. The van der Waals surface area contributed by atoms with Crippen molar-refractivity contribution < 1.29 is 19.1 Å². The van der Waals surface area contributed by atoms with E-state index in [0.717, 1.165) is 0 Å². The van der Waals surface area contributed by atoms with Gasteiger partial charge in [0.2, 0.25) is 0 Å². The molecule has 0 bridgehead atoms. The minimum absolute atomic E-state index is 0.0173. The first-order valence-electron chi connectivity index (χ1n) is 4.00. The molecule has 0 aliphatic carbocycles. The third kappa shape index (κ3) is 2.34. The Morgan fingerprint density at radius 2 is 2.14 bits per heavy atom. The van der Waals surface area contributed by atoms with Gasteiger partial charge >= 0.3 is 0 Å². The van der Waals surface area contributed by atoms with E-state index >= 15 is 0 Å². The summed E-state index contributed by atoms with van der Waals surface area (Å²) in [6, 6.07) is 2.42. The van der Waals surface area contributed by atoms with Crippen molar-refractivity contribution in [2.24, 2.45) is 0 Å². The summed E-state index contributed by atoms with van der Waals surface area (Å²) in [6.45, 7) is 0.225.